The van der Waals surface area contributed by atoms with Gasteiger partial charge >= 0.3 is 5.97 Å². The number of rotatable bonds is 16. The second-order valence-electron chi connectivity index (χ2n) is 10.6. The van der Waals surface area contributed by atoms with E-state index in [0.29, 0.717) is 16.3 Å². The van der Waals surface area contributed by atoms with Gasteiger partial charge < -0.3 is 20.5 Å². The quantitative estimate of drug-likeness (QED) is 0.112. The number of unbranched alkanes of at least 4 members (excludes halogenated alkanes) is 5. The van der Waals surface area contributed by atoms with Crippen LogP contribution in [0.5, 0.6) is 11.5 Å². The maximum absolute atomic E-state index is 13.3. The number of carboxylic acids is 1. The van der Waals surface area contributed by atoms with E-state index in [4.69, 9.17) is 16.3 Å². The van der Waals surface area contributed by atoms with Crippen LogP contribution in [0.2, 0.25) is 5.02 Å². The summed E-state index contributed by atoms with van der Waals surface area (Å²) in [6.45, 7) is 2.92. The number of nitrogens with one attached hydrogen (secondary N) is 2. The van der Waals surface area contributed by atoms with E-state index in [1.54, 1.807) is 18.2 Å². The molecule has 0 bridgehead atoms. The third-order valence-electron chi connectivity index (χ3n) is 7.24. The van der Waals surface area contributed by atoms with Gasteiger partial charge in [0.05, 0.1) is 5.56 Å². The minimum Gasteiger partial charge on any atom is -0.480 e. The highest BCUT2D eigenvalue weighted by molar-refractivity contribution is 6.31. The Bertz CT molecular complexity index is 1470. The van der Waals surface area contributed by atoms with Gasteiger partial charge in [-0.05, 0) is 53.9 Å². The molecule has 4 aromatic rings. The molecule has 0 aliphatic rings. The molecule has 43 heavy (non-hydrogen) atoms. The number of amides is 1. The first-order valence-corrected chi connectivity index (χ1v) is 15.3. The van der Waals surface area contributed by atoms with Crippen LogP contribution >= 0.6 is 11.6 Å². The van der Waals surface area contributed by atoms with Crippen LogP contribution in [0.25, 0.3) is 11.1 Å². The third-order valence-corrected chi connectivity index (χ3v) is 7.47. The number of benzene rings is 4. The number of halogens is 1. The van der Waals surface area contributed by atoms with Gasteiger partial charge in [0.15, 0.2) is 0 Å². The molecule has 0 aliphatic carbocycles. The van der Waals surface area contributed by atoms with Crippen LogP contribution in [0, 0.1) is 0 Å². The lowest BCUT2D eigenvalue weighted by Crippen LogP contribution is -2.42. The molecule has 0 aromatic heterocycles. The summed E-state index contributed by atoms with van der Waals surface area (Å²) >= 11 is 6.21. The summed E-state index contributed by atoms with van der Waals surface area (Å²) in [4.78, 5) is 25.4. The van der Waals surface area contributed by atoms with Crippen molar-refractivity contribution in [2.75, 3.05) is 11.9 Å². The molecular weight excluding hydrogens is 560 g/mol. The lowest BCUT2D eigenvalue weighted by molar-refractivity contribution is -0.139. The monoisotopic (exact) mass is 598 g/mol. The van der Waals surface area contributed by atoms with Crippen molar-refractivity contribution in [1.29, 1.82) is 0 Å². The zero-order valence-corrected chi connectivity index (χ0v) is 25.3. The van der Waals surface area contributed by atoms with Crippen molar-refractivity contribution >= 4 is 29.2 Å². The van der Waals surface area contributed by atoms with Gasteiger partial charge in [-0.3, -0.25) is 4.79 Å². The van der Waals surface area contributed by atoms with Crippen molar-refractivity contribution in [3.63, 3.8) is 0 Å². The maximum atomic E-state index is 13.3. The molecule has 0 fully saturated rings. The summed E-state index contributed by atoms with van der Waals surface area (Å²) < 4.78 is 6.10. The highest BCUT2D eigenvalue weighted by Gasteiger charge is 2.23. The highest BCUT2D eigenvalue weighted by atomic mass is 35.5. The molecule has 0 aliphatic heterocycles. The minimum atomic E-state index is -1.11. The van der Waals surface area contributed by atoms with Crippen LogP contribution < -0.4 is 15.4 Å². The molecule has 4 rings (SSSR count). The van der Waals surface area contributed by atoms with Gasteiger partial charge in [-0.2, -0.15) is 0 Å². The van der Waals surface area contributed by atoms with Crippen LogP contribution in [-0.4, -0.2) is 29.6 Å². The fourth-order valence-electron chi connectivity index (χ4n) is 4.89. The zero-order chi connectivity index (χ0) is 30.4. The van der Waals surface area contributed by atoms with E-state index >= 15 is 0 Å². The van der Waals surface area contributed by atoms with E-state index in [2.05, 4.69) is 17.6 Å². The van der Waals surface area contributed by atoms with Crippen LogP contribution in [0.15, 0.2) is 97.1 Å². The van der Waals surface area contributed by atoms with Gasteiger partial charge in [-0.1, -0.05) is 111 Å². The first-order chi connectivity index (χ1) is 20.9. The van der Waals surface area contributed by atoms with Crippen LogP contribution in [0.1, 0.15) is 61.4 Å². The molecule has 7 heteroatoms. The second-order valence-corrected chi connectivity index (χ2v) is 11.0. The number of hydrogen-bond donors (Lipinski definition) is 3. The lowest BCUT2D eigenvalue weighted by atomic mass is 9.99. The maximum Gasteiger partial charge on any atom is 0.326 e. The second kappa shape index (κ2) is 16.4. The molecule has 1 atom stereocenters. The van der Waals surface area contributed by atoms with Gasteiger partial charge in [-0.15, -0.1) is 0 Å². The topological polar surface area (TPSA) is 87.7 Å². The normalized spacial score (nSPS) is 11.5. The average Bonchev–Trinajstić information content (AvgIpc) is 3.02. The molecule has 1 amide bonds. The number of carbonyl (C=O) groups excluding carboxylic acids is 1. The van der Waals surface area contributed by atoms with Gasteiger partial charge in [-0.25, -0.2) is 4.79 Å². The zero-order valence-electron chi connectivity index (χ0n) is 24.5. The van der Waals surface area contributed by atoms with Crippen LogP contribution in [0.4, 0.5) is 5.69 Å². The number of hydrogen-bond acceptors (Lipinski definition) is 4. The lowest BCUT2D eigenvalue weighted by Gasteiger charge is -2.18. The highest BCUT2D eigenvalue weighted by Crippen LogP contribution is 2.33. The molecule has 0 spiro atoms. The summed E-state index contributed by atoms with van der Waals surface area (Å²) in [5, 5.41) is 16.4. The Balaban J connectivity index is 1.40. The summed E-state index contributed by atoms with van der Waals surface area (Å²) in [7, 11) is 0. The fourth-order valence-corrected chi connectivity index (χ4v) is 5.06. The first kappa shape index (κ1) is 31.6. The molecule has 0 heterocycles. The Morgan fingerprint density at radius 3 is 2.28 bits per heavy atom. The largest absolute Gasteiger partial charge is 0.480 e. The van der Waals surface area contributed by atoms with Crippen molar-refractivity contribution in [3.05, 3.63) is 113 Å². The van der Waals surface area contributed by atoms with E-state index in [-0.39, 0.29) is 6.42 Å². The van der Waals surface area contributed by atoms with E-state index in [0.717, 1.165) is 47.6 Å². The first-order valence-electron chi connectivity index (χ1n) is 14.9. The van der Waals surface area contributed by atoms with Gasteiger partial charge in [0, 0.05) is 29.2 Å². The Morgan fingerprint density at radius 2 is 1.53 bits per heavy atom. The Kier molecular flexibility index (Phi) is 12.0. The molecule has 0 radical (unpaired) electrons. The van der Waals surface area contributed by atoms with Crippen molar-refractivity contribution < 1.29 is 19.4 Å². The molecule has 6 nitrogen and oxygen atoms in total. The van der Waals surface area contributed by atoms with Gasteiger partial charge in [0.1, 0.15) is 17.5 Å². The van der Waals surface area contributed by atoms with Crippen LogP contribution in [0.3, 0.4) is 0 Å². The SMILES string of the molecule is CCCCCCCCNc1ccc(Cl)cc1C(=O)N[C@@H](Cc1ccc(-c2ccccc2Oc2ccccc2)cc1)C(=O)O. The minimum absolute atomic E-state index is 0.130. The van der Waals surface area contributed by atoms with Gasteiger partial charge in [0.2, 0.25) is 0 Å². The summed E-state index contributed by atoms with van der Waals surface area (Å²) in [5.74, 6) is -0.127. The number of aliphatic carboxylic acids is 1. The Labute approximate surface area is 259 Å². The predicted octanol–water partition coefficient (Wildman–Crippen LogP) is 9.00. The van der Waals surface area contributed by atoms with Crippen molar-refractivity contribution in [2.24, 2.45) is 0 Å². The molecule has 4 aromatic carbocycles. The summed E-state index contributed by atoms with van der Waals surface area (Å²) in [6.07, 6.45) is 7.13. The smallest absolute Gasteiger partial charge is 0.326 e. The van der Waals surface area contributed by atoms with Crippen LogP contribution in [-0.2, 0) is 11.2 Å². The number of ether oxygens (including phenoxy) is 1. The summed E-state index contributed by atoms with van der Waals surface area (Å²) in [5.41, 5.74) is 3.61. The Hall–Kier alpha value is -4.29. The van der Waals surface area contributed by atoms with E-state index in [9.17, 15) is 14.7 Å². The van der Waals surface area contributed by atoms with Crippen molar-refractivity contribution in [2.45, 2.75) is 57.9 Å². The standard InChI is InChI=1S/C36H39ClN2O4/c1-2-3-4-5-6-12-23-38-32-22-21-28(37)25-31(32)35(40)39-33(36(41)42)24-26-17-19-27(20-18-26)30-15-10-11-16-34(30)43-29-13-8-7-9-14-29/h7-11,13-22,25,33,38H,2-6,12,23-24H2,1H3,(H,39,40)(H,41,42)/t33-/m0/s1. The average molecular weight is 599 g/mol. The predicted molar refractivity (Wildman–Crippen MR) is 174 cm³/mol. The molecule has 3 N–H and O–H groups in total. The number of anilines is 1. The molecule has 0 saturated heterocycles. The van der Waals surface area contributed by atoms with Crippen molar-refractivity contribution in [3.8, 4) is 22.6 Å². The molecule has 224 valence electrons. The number of carboxylic acid groups (broad SMARTS) is 1. The van der Waals surface area contributed by atoms with E-state index < -0.39 is 17.9 Å². The van der Waals surface area contributed by atoms with E-state index in [1.807, 2.05) is 78.9 Å². The number of para-hydroxylation sites is 2. The summed E-state index contributed by atoms with van der Waals surface area (Å²) in [6, 6.07) is 28.9. The Morgan fingerprint density at radius 1 is 0.837 bits per heavy atom. The van der Waals surface area contributed by atoms with E-state index in [1.165, 1.54) is 25.7 Å². The third kappa shape index (κ3) is 9.62. The van der Waals surface area contributed by atoms with Crippen molar-refractivity contribution in [1.82, 2.24) is 5.32 Å². The molecule has 0 saturated carbocycles. The molecule has 0 unspecified atom stereocenters. The number of carbonyl (C=O) groups is 2. The fraction of sp³-hybridized carbons (Fsp3) is 0.278. The molecular formula is C36H39ClN2O4. The van der Waals surface area contributed by atoms with Gasteiger partial charge in [0.25, 0.3) is 5.91 Å².